The number of imidazole rings is 1. The van der Waals surface area contributed by atoms with Crippen LogP contribution in [-0.2, 0) is 63.5 Å². The van der Waals surface area contributed by atoms with Crippen molar-refractivity contribution in [3.05, 3.63) is 35.8 Å². The molecule has 25 nitrogen and oxygen atoms in total. The number of ether oxygens (including phenoxy) is 1. The predicted molar refractivity (Wildman–Crippen MR) is 231 cm³/mol. The first-order chi connectivity index (χ1) is 30.4. The van der Waals surface area contributed by atoms with Crippen molar-refractivity contribution in [1.82, 2.24) is 30.2 Å². The van der Waals surface area contributed by atoms with Crippen molar-refractivity contribution in [2.24, 2.45) is 5.41 Å². The van der Waals surface area contributed by atoms with Gasteiger partial charge in [0.25, 0.3) is 0 Å². The van der Waals surface area contributed by atoms with E-state index in [1.54, 1.807) is 0 Å². The molecule has 3 aromatic heterocycles. The van der Waals surface area contributed by atoms with E-state index < -0.39 is 84.6 Å². The quantitative estimate of drug-likeness (QED) is 0.0373. The lowest BCUT2D eigenvalue weighted by atomic mass is 9.87. The number of nitrogens with zero attached hydrogens (tertiary/aromatic N) is 4. The topological polar surface area (TPSA) is 377 Å². The first-order valence-electron chi connectivity index (χ1n) is 20.5. The number of nitrogens with two attached hydrogens (primary N) is 1. The van der Waals surface area contributed by atoms with Crippen molar-refractivity contribution >= 4 is 69.1 Å². The second-order valence-corrected chi connectivity index (χ2v) is 21.2. The molecule has 0 saturated carbocycles. The highest BCUT2D eigenvalue weighted by Crippen LogP contribution is 2.61. The highest BCUT2D eigenvalue weighted by atomic mass is 32.2. The third kappa shape index (κ3) is 17.1. The number of anilines is 1. The van der Waals surface area contributed by atoms with Gasteiger partial charge in [0.05, 0.1) is 19.5 Å². The zero-order valence-corrected chi connectivity index (χ0v) is 39.7. The molecule has 0 bridgehead atoms. The summed E-state index contributed by atoms with van der Waals surface area (Å²) in [6.07, 6.45) is 0.0778. The van der Waals surface area contributed by atoms with E-state index in [1.807, 2.05) is 6.92 Å². The van der Waals surface area contributed by atoms with Gasteiger partial charge in [-0.05, 0) is 37.8 Å². The number of furan rings is 1. The number of nitrogen functional groups attached to an aromatic ring is 1. The van der Waals surface area contributed by atoms with Crippen LogP contribution in [0.15, 0.2) is 23.1 Å². The fourth-order valence-corrected chi connectivity index (χ4v) is 9.98. The van der Waals surface area contributed by atoms with Crippen molar-refractivity contribution in [3.8, 4) is 0 Å². The largest absolute Gasteiger partial charge is 0.481 e. The number of aromatic nitrogens is 4. The van der Waals surface area contributed by atoms with Crippen molar-refractivity contribution < 1.29 is 84.9 Å². The molecule has 65 heavy (non-hydrogen) atoms. The lowest BCUT2D eigenvalue weighted by Gasteiger charge is -2.30. The Morgan fingerprint density at radius 2 is 1.69 bits per heavy atom. The summed E-state index contributed by atoms with van der Waals surface area (Å²) >= 11 is 1.11. The number of amides is 2. The van der Waals surface area contributed by atoms with Gasteiger partial charge in [0.15, 0.2) is 22.8 Å². The fraction of sp³-hybridized carbons (Fsp3) is 0.667. The molecular formula is C36H58N7O18P3S. The minimum Gasteiger partial charge on any atom is -0.466 e. The smallest absolute Gasteiger partial charge is 0.466 e. The Labute approximate surface area is 378 Å². The van der Waals surface area contributed by atoms with Crippen molar-refractivity contribution in [3.63, 3.8) is 0 Å². The van der Waals surface area contributed by atoms with Crippen molar-refractivity contribution in [2.75, 3.05) is 37.8 Å². The second-order valence-electron chi connectivity index (χ2n) is 15.8. The van der Waals surface area contributed by atoms with Crippen LogP contribution in [0.2, 0.25) is 0 Å². The number of hydrogen-bond donors (Lipinski definition) is 9. The van der Waals surface area contributed by atoms with E-state index in [0.717, 1.165) is 84.6 Å². The number of hydrogen-bond acceptors (Lipinski definition) is 19. The van der Waals surface area contributed by atoms with Crippen LogP contribution in [0.1, 0.15) is 89.0 Å². The number of aliphatic hydroxyl groups is 2. The van der Waals surface area contributed by atoms with Crippen LogP contribution in [0.4, 0.5) is 5.82 Å². The van der Waals surface area contributed by atoms with Crippen LogP contribution in [0.5, 0.6) is 0 Å². The fourth-order valence-electron chi connectivity index (χ4n) is 6.43. The van der Waals surface area contributed by atoms with Gasteiger partial charge in [-0.3, -0.25) is 32.5 Å². The number of carbonyl (C=O) groups is 3. The van der Waals surface area contributed by atoms with Gasteiger partial charge >= 0.3 is 23.5 Å². The average Bonchev–Trinajstić information content (AvgIpc) is 3.90. The number of thioether (sulfide) groups is 1. The van der Waals surface area contributed by atoms with Gasteiger partial charge in [-0.25, -0.2) is 28.6 Å². The van der Waals surface area contributed by atoms with Gasteiger partial charge < -0.3 is 55.3 Å². The minimum absolute atomic E-state index is 0.00704. The van der Waals surface area contributed by atoms with Crippen molar-refractivity contribution in [2.45, 2.75) is 116 Å². The molecule has 366 valence electrons. The third-order valence-corrected chi connectivity index (χ3v) is 13.9. The van der Waals surface area contributed by atoms with Crippen LogP contribution in [0.3, 0.4) is 0 Å². The van der Waals surface area contributed by atoms with Crippen LogP contribution in [0.25, 0.3) is 11.2 Å². The molecule has 0 spiro atoms. The zero-order valence-electron chi connectivity index (χ0n) is 36.2. The second kappa shape index (κ2) is 24.2. The molecule has 0 radical (unpaired) electrons. The highest BCUT2D eigenvalue weighted by Gasteiger charge is 2.50. The number of rotatable bonds is 28. The molecule has 1 aliphatic rings. The molecule has 29 heteroatoms. The summed E-state index contributed by atoms with van der Waals surface area (Å²) in [5.41, 5.74) is 5.40. The van der Waals surface area contributed by atoms with Gasteiger partial charge in [0.1, 0.15) is 47.8 Å². The van der Waals surface area contributed by atoms with Gasteiger partial charge in [-0.1, -0.05) is 45.4 Å². The van der Waals surface area contributed by atoms with Crippen LogP contribution >= 0.6 is 35.2 Å². The molecule has 1 fully saturated rings. The highest BCUT2D eigenvalue weighted by molar-refractivity contribution is 8.13. The number of phosphoric ester groups is 3. The maximum atomic E-state index is 12.7. The lowest BCUT2D eigenvalue weighted by Crippen LogP contribution is -2.46. The first-order valence-corrected chi connectivity index (χ1v) is 26.1. The normalized spacial score (nSPS) is 20.3. The Hall–Kier alpha value is -3.16. The number of unbranched alkanes of at least 4 members (excludes halogenated alkanes) is 3. The maximum Gasteiger partial charge on any atom is 0.481 e. The molecule has 1 aliphatic heterocycles. The molecule has 2 amide bonds. The third-order valence-electron chi connectivity index (χ3n) is 9.90. The summed E-state index contributed by atoms with van der Waals surface area (Å²) in [4.78, 5) is 88.4. The molecule has 0 aliphatic carbocycles. The SMILES string of the molecule is CCCCCc1cc(C)c(CCCCC(=O)SCCNC(=O)CCNC(=O)C(O)C(C)(C)COP(=O)(O)OP(=O)(O)OCC2OC(n3cnc4c(N)ncnc43)C(O)C2OP(=O)(O)O)o1. The summed E-state index contributed by atoms with van der Waals surface area (Å²) in [6.45, 7) is 4.69. The molecule has 7 unspecified atom stereocenters. The van der Waals surface area contributed by atoms with E-state index in [-0.39, 0.29) is 41.6 Å². The standard InChI is InChI=1S/C36H58N7O18P3S/c1-5-6-7-10-23-17-22(2)24(58-23)11-8-9-12-27(45)65-16-15-38-26(44)13-14-39-34(48)31(47)36(3,4)19-57-64(54,55)61-63(52,53)56-18-25-30(60-62(49,50)51)29(46)35(59-25)43-21-42-28-32(37)40-20-41-33(28)43/h17,20-21,25,29-31,35,46-47H,5-16,18-19H2,1-4H3,(H,38,44)(H,39,48)(H,52,53)(H,54,55)(H2,37,40,41)(H2,49,50,51). The monoisotopic (exact) mass is 1000 g/mol. The molecule has 4 heterocycles. The summed E-state index contributed by atoms with van der Waals surface area (Å²) in [5, 5.41) is 26.6. The summed E-state index contributed by atoms with van der Waals surface area (Å²) < 4.78 is 68.4. The lowest BCUT2D eigenvalue weighted by molar-refractivity contribution is -0.137. The van der Waals surface area contributed by atoms with E-state index in [0.29, 0.717) is 18.6 Å². The number of phosphoric acid groups is 3. The van der Waals surface area contributed by atoms with Gasteiger partial charge in [-0.2, -0.15) is 4.31 Å². The number of aryl methyl sites for hydroxylation is 3. The van der Waals surface area contributed by atoms with E-state index in [1.165, 1.54) is 13.8 Å². The minimum atomic E-state index is -5.58. The molecule has 1 saturated heterocycles. The van der Waals surface area contributed by atoms with E-state index in [9.17, 15) is 57.9 Å². The summed E-state index contributed by atoms with van der Waals surface area (Å²) in [7, 11) is -16.4. The van der Waals surface area contributed by atoms with E-state index in [4.69, 9.17) is 23.9 Å². The Bertz CT molecular complexity index is 2220. The summed E-state index contributed by atoms with van der Waals surface area (Å²) in [6, 6.07) is 2.09. The van der Waals surface area contributed by atoms with Crippen LogP contribution in [-0.4, -0.2) is 123 Å². The van der Waals surface area contributed by atoms with Gasteiger partial charge in [0, 0.05) is 49.9 Å². The van der Waals surface area contributed by atoms with Gasteiger partial charge in [-0.15, -0.1) is 0 Å². The van der Waals surface area contributed by atoms with Crippen LogP contribution in [0, 0.1) is 12.3 Å². The number of carbonyl (C=O) groups excluding carboxylic acids is 3. The molecular weight excluding hydrogens is 943 g/mol. The first kappa shape index (κ1) is 54.4. The average molecular weight is 1000 g/mol. The number of nitrogens with one attached hydrogen (secondary N) is 2. The molecule has 10 N–H and O–H groups in total. The number of fused-ring (bicyclic) bond motifs is 1. The van der Waals surface area contributed by atoms with E-state index >= 15 is 0 Å². The molecule has 0 aromatic carbocycles. The Morgan fingerprint density at radius 3 is 2.40 bits per heavy atom. The molecule has 4 rings (SSSR count). The van der Waals surface area contributed by atoms with Crippen molar-refractivity contribution in [1.29, 1.82) is 0 Å². The van der Waals surface area contributed by atoms with Gasteiger partial charge in [0.2, 0.25) is 11.8 Å². The molecule has 7 atom stereocenters. The van der Waals surface area contributed by atoms with E-state index in [2.05, 4.69) is 47.4 Å². The maximum absolute atomic E-state index is 12.7. The molecule has 3 aromatic rings. The Balaban J connectivity index is 1.14. The number of aliphatic hydroxyl groups excluding tert-OH is 2. The predicted octanol–water partition coefficient (Wildman–Crippen LogP) is 2.71. The summed E-state index contributed by atoms with van der Waals surface area (Å²) in [5.74, 6) is 0.865. The Morgan fingerprint density at radius 1 is 0.985 bits per heavy atom. The Kier molecular flexibility index (Phi) is 20.3. The van der Waals surface area contributed by atoms with Crippen LogP contribution < -0.4 is 16.4 Å². The zero-order chi connectivity index (χ0) is 48.2.